The summed E-state index contributed by atoms with van der Waals surface area (Å²) in [5.74, 6) is 0. The highest BCUT2D eigenvalue weighted by Crippen LogP contribution is 2.29. The van der Waals surface area contributed by atoms with Crippen molar-refractivity contribution in [1.29, 1.82) is 0 Å². The number of rotatable bonds is 2. The maximum atomic E-state index is 3.67. The fourth-order valence-corrected chi connectivity index (χ4v) is 1.98. The summed E-state index contributed by atoms with van der Waals surface area (Å²) in [6.07, 6.45) is 6.80. The smallest absolute Gasteiger partial charge is 0.0153 e. The largest absolute Gasteiger partial charge is 0.312 e. The fourth-order valence-electron chi connectivity index (χ4n) is 1.98. The zero-order valence-electron chi connectivity index (χ0n) is 9.74. The van der Waals surface area contributed by atoms with Crippen LogP contribution in [0, 0.1) is 5.41 Å². The lowest BCUT2D eigenvalue weighted by Gasteiger charge is -2.37. The highest BCUT2D eigenvalue weighted by Gasteiger charge is 2.27. The molecule has 13 heavy (non-hydrogen) atoms. The van der Waals surface area contributed by atoms with Gasteiger partial charge in [-0.15, -0.1) is 0 Å². The quantitative estimate of drug-likeness (QED) is 0.692. The van der Waals surface area contributed by atoms with E-state index in [0.717, 1.165) is 0 Å². The number of hydrogen-bond acceptors (Lipinski definition) is 1. The minimum absolute atomic E-state index is 0.436. The summed E-state index contributed by atoms with van der Waals surface area (Å²) in [4.78, 5) is 0. The maximum Gasteiger partial charge on any atom is 0.0153 e. The molecule has 1 heteroatoms. The zero-order chi connectivity index (χ0) is 9.95. The van der Waals surface area contributed by atoms with E-state index in [1.165, 1.54) is 38.6 Å². The Hall–Kier alpha value is -0.0400. The monoisotopic (exact) mass is 183 g/mol. The molecular formula is C12H25N. The number of hydrogen-bond donors (Lipinski definition) is 1. The normalized spacial score (nSPS) is 30.5. The van der Waals surface area contributed by atoms with Gasteiger partial charge in [-0.05, 0) is 44.6 Å². The molecule has 1 fully saturated rings. The number of piperidine rings is 1. The second-order valence-corrected chi connectivity index (χ2v) is 6.01. The van der Waals surface area contributed by atoms with Gasteiger partial charge in [0.25, 0.3) is 0 Å². The molecule has 0 spiro atoms. The lowest BCUT2D eigenvalue weighted by molar-refractivity contribution is 0.220. The van der Waals surface area contributed by atoms with Crippen LogP contribution in [0.25, 0.3) is 0 Å². The van der Waals surface area contributed by atoms with Crippen LogP contribution in [0.5, 0.6) is 0 Å². The minimum atomic E-state index is 0.436. The Bertz CT molecular complexity index is 149. The third kappa shape index (κ3) is 4.12. The second kappa shape index (κ2) is 4.00. The van der Waals surface area contributed by atoms with Crippen LogP contribution in [0.4, 0.5) is 0 Å². The molecule has 1 N–H and O–H groups in total. The first-order chi connectivity index (χ1) is 5.91. The first kappa shape index (κ1) is 11.0. The lowest BCUT2D eigenvalue weighted by Crippen LogP contribution is -2.46. The van der Waals surface area contributed by atoms with Crippen LogP contribution in [-0.2, 0) is 0 Å². The van der Waals surface area contributed by atoms with Crippen molar-refractivity contribution in [3.05, 3.63) is 0 Å². The van der Waals surface area contributed by atoms with Gasteiger partial charge in [-0.3, -0.25) is 0 Å². The Balaban J connectivity index is 2.33. The van der Waals surface area contributed by atoms with Gasteiger partial charge < -0.3 is 5.32 Å². The first-order valence-corrected chi connectivity index (χ1v) is 5.66. The molecule has 1 atom stereocenters. The van der Waals surface area contributed by atoms with Gasteiger partial charge in [-0.25, -0.2) is 0 Å². The molecule has 1 nitrogen and oxygen atoms in total. The maximum absolute atomic E-state index is 3.67. The van der Waals surface area contributed by atoms with Crippen LogP contribution in [0.3, 0.4) is 0 Å². The van der Waals surface area contributed by atoms with Crippen LogP contribution >= 0.6 is 0 Å². The Kier molecular flexibility index (Phi) is 3.39. The van der Waals surface area contributed by atoms with E-state index in [1.807, 2.05) is 0 Å². The van der Waals surface area contributed by atoms with E-state index in [0.29, 0.717) is 11.0 Å². The molecule has 0 aromatic heterocycles. The molecule has 0 radical (unpaired) electrons. The van der Waals surface area contributed by atoms with E-state index in [4.69, 9.17) is 0 Å². The molecule has 0 saturated carbocycles. The summed E-state index contributed by atoms with van der Waals surface area (Å²) < 4.78 is 0. The summed E-state index contributed by atoms with van der Waals surface area (Å²) in [5, 5.41) is 3.67. The van der Waals surface area contributed by atoms with Gasteiger partial charge >= 0.3 is 0 Å². The van der Waals surface area contributed by atoms with Crippen molar-refractivity contribution in [3.8, 4) is 0 Å². The van der Waals surface area contributed by atoms with Gasteiger partial charge in [0, 0.05) is 5.54 Å². The second-order valence-electron chi connectivity index (χ2n) is 6.01. The Morgan fingerprint density at radius 3 is 2.38 bits per heavy atom. The average molecular weight is 183 g/mol. The van der Waals surface area contributed by atoms with Crippen LogP contribution in [0.1, 0.15) is 59.8 Å². The third-order valence-corrected chi connectivity index (χ3v) is 3.13. The first-order valence-electron chi connectivity index (χ1n) is 5.66. The van der Waals surface area contributed by atoms with Gasteiger partial charge in [-0.1, -0.05) is 27.2 Å². The van der Waals surface area contributed by atoms with Crippen molar-refractivity contribution in [2.75, 3.05) is 6.54 Å². The van der Waals surface area contributed by atoms with Crippen molar-refractivity contribution < 1.29 is 0 Å². The van der Waals surface area contributed by atoms with Crippen LogP contribution < -0.4 is 5.32 Å². The predicted molar refractivity (Wildman–Crippen MR) is 58.9 cm³/mol. The van der Waals surface area contributed by atoms with Gasteiger partial charge in [0.05, 0.1) is 0 Å². The van der Waals surface area contributed by atoms with Crippen molar-refractivity contribution >= 4 is 0 Å². The summed E-state index contributed by atoms with van der Waals surface area (Å²) in [7, 11) is 0. The molecule has 1 unspecified atom stereocenters. The molecule has 0 bridgehead atoms. The van der Waals surface area contributed by atoms with E-state index in [9.17, 15) is 0 Å². The van der Waals surface area contributed by atoms with Crippen molar-refractivity contribution in [3.63, 3.8) is 0 Å². The highest BCUT2D eigenvalue weighted by molar-refractivity contribution is 4.87. The van der Waals surface area contributed by atoms with Crippen molar-refractivity contribution in [2.24, 2.45) is 5.41 Å². The van der Waals surface area contributed by atoms with E-state index in [2.05, 4.69) is 33.0 Å². The summed E-state index contributed by atoms with van der Waals surface area (Å²) >= 11 is 0. The molecule has 0 aromatic carbocycles. The Morgan fingerprint density at radius 1 is 1.23 bits per heavy atom. The molecule has 1 rings (SSSR count). The molecule has 0 aromatic rings. The highest BCUT2D eigenvalue weighted by atomic mass is 15.0. The zero-order valence-corrected chi connectivity index (χ0v) is 9.74. The SMILES string of the molecule is CC(C)(C)CCC1(C)CCCCN1. The minimum Gasteiger partial charge on any atom is -0.312 e. The predicted octanol–water partition coefficient (Wildman–Crippen LogP) is 3.34. The Labute approximate surface area is 83.3 Å². The van der Waals surface area contributed by atoms with E-state index >= 15 is 0 Å². The summed E-state index contributed by atoms with van der Waals surface area (Å²) in [6, 6.07) is 0. The molecule has 78 valence electrons. The molecule has 1 heterocycles. The molecule has 0 aliphatic carbocycles. The van der Waals surface area contributed by atoms with Gasteiger partial charge in [-0.2, -0.15) is 0 Å². The van der Waals surface area contributed by atoms with Crippen LogP contribution in [-0.4, -0.2) is 12.1 Å². The van der Waals surface area contributed by atoms with Gasteiger partial charge in [0.2, 0.25) is 0 Å². The third-order valence-electron chi connectivity index (χ3n) is 3.13. The Morgan fingerprint density at radius 2 is 1.92 bits per heavy atom. The van der Waals surface area contributed by atoms with Crippen molar-refractivity contribution in [2.45, 2.75) is 65.3 Å². The summed E-state index contributed by atoms with van der Waals surface area (Å²) in [5.41, 5.74) is 0.924. The fraction of sp³-hybridized carbons (Fsp3) is 1.00. The molecule has 1 aliphatic heterocycles. The van der Waals surface area contributed by atoms with Crippen molar-refractivity contribution in [1.82, 2.24) is 5.32 Å². The summed E-state index contributed by atoms with van der Waals surface area (Å²) in [6.45, 7) is 10.6. The van der Waals surface area contributed by atoms with E-state index in [-0.39, 0.29) is 0 Å². The van der Waals surface area contributed by atoms with Gasteiger partial charge in [0.15, 0.2) is 0 Å². The lowest BCUT2D eigenvalue weighted by atomic mass is 9.80. The number of nitrogens with one attached hydrogen (secondary N) is 1. The van der Waals surface area contributed by atoms with Crippen LogP contribution in [0.2, 0.25) is 0 Å². The topological polar surface area (TPSA) is 12.0 Å². The van der Waals surface area contributed by atoms with Gasteiger partial charge in [0.1, 0.15) is 0 Å². The molecule has 0 amide bonds. The molecule has 1 aliphatic rings. The van der Waals surface area contributed by atoms with E-state index < -0.39 is 0 Å². The average Bonchev–Trinajstić information content (AvgIpc) is 2.02. The standard InChI is InChI=1S/C12H25N/c1-11(2,3)8-9-12(4)7-5-6-10-13-12/h13H,5-10H2,1-4H3. The molecular weight excluding hydrogens is 158 g/mol. The molecule has 1 saturated heterocycles. The van der Waals surface area contributed by atoms with E-state index in [1.54, 1.807) is 0 Å². The van der Waals surface area contributed by atoms with Crippen LogP contribution in [0.15, 0.2) is 0 Å².